The van der Waals surface area contributed by atoms with Crippen LogP contribution in [-0.4, -0.2) is 6.10 Å². The van der Waals surface area contributed by atoms with Crippen molar-refractivity contribution in [3.05, 3.63) is 7.11 Å². The van der Waals surface area contributed by atoms with E-state index in [4.69, 9.17) is 7.11 Å². The van der Waals surface area contributed by atoms with Crippen molar-refractivity contribution in [3.63, 3.8) is 0 Å². The minimum atomic E-state index is 0.171. The van der Waals surface area contributed by atoms with Crippen molar-refractivity contribution in [3.8, 4) is 0 Å². The molecular weight excluding hydrogens is 112 g/mol. The van der Waals surface area contributed by atoms with Crippen LogP contribution >= 0.6 is 0 Å². The van der Waals surface area contributed by atoms with Crippen LogP contribution in [0.1, 0.15) is 39.5 Å². The van der Waals surface area contributed by atoms with Crippen LogP contribution in [0.4, 0.5) is 0 Å². The van der Waals surface area contributed by atoms with Gasteiger partial charge in [-0.3, -0.25) is 0 Å². The molecule has 1 heteroatoms. The van der Waals surface area contributed by atoms with Crippen LogP contribution in [0, 0.1) is 7.11 Å². The Labute approximate surface area is 58.4 Å². The zero-order chi connectivity index (χ0) is 7.11. The van der Waals surface area contributed by atoms with Gasteiger partial charge in [-0.15, -0.1) is 0 Å². The highest BCUT2D eigenvalue weighted by molar-refractivity contribution is 4.53. The van der Waals surface area contributed by atoms with Crippen LogP contribution in [0.5, 0.6) is 0 Å². The second-order valence-electron chi connectivity index (χ2n) is 2.29. The van der Waals surface area contributed by atoms with Gasteiger partial charge in [0.2, 0.25) is 0 Å². The molecule has 9 heavy (non-hydrogen) atoms. The standard InChI is InChI=1S/C8H15O/c1-4-6-7-8(5-2)9-3/h8H,4-7H2,1-2H3. The highest BCUT2D eigenvalue weighted by Crippen LogP contribution is 2.06. The van der Waals surface area contributed by atoms with Gasteiger partial charge in [-0.25, -0.2) is 0 Å². The first-order valence-corrected chi connectivity index (χ1v) is 3.67. The molecule has 0 fully saturated rings. The molecule has 0 aromatic heterocycles. The quantitative estimate of drug-likeness (QED) is 0.551. The van der Waals surface area contributed by atoms with E-state index < -0.39 is 0 Å². The fraction of sp³-hybridized carbons (Fsp3) is 0.875. The summed E-state index contributed by atoms with van der Waals surface area (Å²) in [5, 5.41) is 0. The summed E-state index contributed by atoms with van der Waals surface area (Å²) in [7, 11) is 6.64. The summed E-state index contributed by atoms with van der Waals surface area (Å²) in [5.74, 6) is 0. The summed E-state index contributed by atoms with van der Waals surface area (Å²) in [6.07, 6.45) is 4.54. The molecule has 0 saturated carbocycles. The van der Waals surface area contributed by atoms with Gasteiger partial charge in [0, 0.05) is 0 Å². The minimum Gasteiger partial charge on any atom is -0.362 e. The van der Waals surface area contributed by atoms with Gasteiger partial charge in [-0.2, -0.15) is 0 Å². The van der Waals surface area contributed by atoms with E-state index in [1.807, 2.05) is 0 Å². The average Bonchev–Trinajstić information content (AvgIpc) is 1.91. The van der Waals surface area contributed by atoms with Gasteiger partial charge in [0.15, 0.2) is 7.11 Å². The topological polar surface area (TPSA) is 9.23 Å². The van der Waals surface area contributed by atoms with E-state index in [9.17, 15) is 0 Å². The van der Waals surface area contributed by atoms with Gasteiger partial charge in [0.05, 0.1) is 6.10 Å². The number of ether oxygens (including phenoxy) is 1. The molecule has 0 rings (SSSR count). The van der Waals surface area contributed by atoms with Crippen molar-refractivity contribution >= 4 is 0 Å². The van der Waals surface area contributed by atoms with E-state index in [1.54, 1.807) is 0 Å². The van der Waals surface area contributed by atoms with E-state index in [2.05, 4.69) is 18.6 Å². The summed E-state index contributed by atoms with van der Waals surface area (Å²) in [6.45, 7) is 4.20. The highest BCUT2D eigenvalue weighted by atomic mass is 16.5. The third kappa shape index (κ3) is 4.46. The van der Waals surface area contributed by atoms with Crippen molar-refractivity contribution in [1.29, 1.82) is 0 Å². The lowest BCUT2D eigenvalue weighted by Gasteiger charge is -2.09. The fourth-order valence-corrected chi connectivity index (χ4v) is 0.778. The van der Waals surface area contributed by atoms with E-state index in [-0.39, 0.29) is 6.10 Å². The second kappa shape index (κ2) is 6.09. The van der Waals surface area contributed by atoms with Crippen LogP contribution in [-0.2, 0) is 4.74 Å². The molecule has 1 unspecified atom stereocenters. The Kier molecular flexibility index (Phi) is 6.06. The second-order valence-corrected chi connectivity index (χ2v) is 2.29. The zero-order valence-corrected chi connectivity index (χ0v) is 6.31. The predicted molar refractivity (Wildman–Crippen MR) is 37.9 cm³/mol. The highest BCUT2D eigenvalue weighted by Gasteiger charge is 2.01. The van der Waals surface area contributed by atoms with Crippen LogP contribution in [0.25, 0.3) is 0 Å². The van der Waals surface area contributed by atoms with Crippen molar-refractivity contribution in [2.45, 2.75) is 45.6 Å². The summed E-state index contributed by atoms with van der Waals surface area (Å²) >= 11 is 0. The lowest BCUT2D eigenvalue weighted by Crippen LogP contribution is -2.06. The minimum absolute atomic E-state index is 0.171. The molecule has 0 bridgehead atoms. The predicted octanol–water partition coefficient (Wildman–Crippen LogP) is 2.52. The summed E-state index contributed by atoms with van der Waals surface area (Å²) < 4.78 is 4.45. The first-order valence-electron chi connectivity index (χ1n) is 3.67. The maximum Gasteiger partial charge on any atom is 0.173 e. The smallest absolute Gasteiger partial charge is 0.173 e. The summed E-state index contributed by atoms with van der Waals surface area (Å²) in [6, 6.07) is 0. The van der Waals surface area contributed by atoms with E-state index in [0.29, 0.717) is 0 Å². The number of unbranched alkanes of at least 4 members (excludes halogenated alkanes) is 1. The Morgan fingerprint density at radius 3 is 2.44 bits per heavy atom. The average molecular weight is 127 g/mol. The van der Waals surface area contributed by atoms with Crippen molar-refractivity contribution in [2.24, 2.45) is 0 Å². The van der Waals surface area contributed by atoms with Gasteiger partial charge in [0.25, 0.3) is 0 Å². The molecule has 0 heterocycles. The molecule has 53 valence electrons. The first kappa shape index (κ1) is 8.96. The molecule has 3 radical (unpaired) electrons. The van der Waals surface area contributed by atoms with Crippen LogP contribution in [0.15, 0.2) is 0 Å². The fourth-order valence-electron chi connectivity index (χ4n) is 0.778. The molecule has 0 aromatic carbocycles. The molecule has 0 aliphatic carbocycles. The molecule has 1 nitrogen and oxygen atoms in total. The molecule has 0 aliphatic rings. The van der Waals surface area contributed by atoms with Crippen LogP contribution in [0.3, 0.4) is 0 Å². The lowest BCUT2D eigenvalue weighted by atomic mass is 10.1. The Bertz CT molecular complexity index is 48.5. The van der Waals surface area contributed by atoms with Crippen molar-refractivity contribution < 1.29 is 4.74 Å². The zero-order valence-electron chi connectivity index (χ0n) is 6.31. The third-order valence-electron chi connectivity index (χ3n) is 1.50. The summed E-state index contributed by atoms with van der Waals surface area (Å²) in [5.41, 5.74) is 0. The van der Waals surface area contributed by atoms with E-state index in [0.717, 1.165) is 12.8 Å². The molecule has 0 saturated heterocycles. The Morgan fingerprint density at radius 1 is 1.44 bits per heavy atom. The number of rotatable bonds is 5. The molecule has 0 amide bonds. The number of hydrogen-bond donors (Lipinski definition) is 0. The maximum atomic E-state index is 6.64. The van der Waals surface area contributed by atoms with Crippen LogP contribution in [0.2, 0.25) is 0 Å². The Balaban J connectivity index is 3.09. The largest absolute Gasteiger partial charge is 0.362 e. The van der Waals surface area contributed by atoms with Gasteiger partial charge < -0.3 is 4.74 Å². The molecule has 0 N–H and O–H groups in total. The molecular formula is C8H15O. The maximum absolute atomic E-state index is 6.64. The first-order chi connectivity index (χ1) is 4.35. The Hall–Kier alpha value is -0.0400. The van der Waals surface area contributed by atoms with E-state index >= 15 is 0 Å². The molecule has 0 spiro atoms. The SMILES string of the molecule is [C]OC(CC)CCCC. The van der Waals surface area contributed by atoms with Gasteiger partial charge in [-0.1, -0.05) is 26.7 Å². The molecule has 0 aliphatic heterocycles. The van der Waals surface area contributed by atoms with Gasteiger partial charge in [0.1, 0.15) is 0 Å². The monoisotopic (exact) mass is 127 g/mol. The molecule has 1 atom stereocenters. The van der Waals surface area contributed by atoms with Crippen molar-refractivity contribution in [2.75, 3.05) is 0 Å². The van der Waals surface area contributed by atoms with E-state index in [1.165, 1.54) is 12.8 Å². The van der Waals surface area contributed by atoms with Crippen molar-refractivity contribution in [1.82, 2.24) is 0 Å². The summed E-state index contributed by atoms with van der Waals surface area (Å²) in [4.78, 5) is 0. The lowest BCUT2D eigenvalue weighted by molar-refractivity contribution is 0.123. The third-order valence-corrected chi connectivity index (χ3v) is 1.50. The number of hydrogen-bond acceptors (Lipinski definition) is 1. The van der Waals surface area contributed by atoms with Crippen LogP contribution < -0.4 is 0 Å². The normalized spacial score (nSPS) is 13.7. The van der Waals surface area contributed by atoms with Gasteiger partial charge >= 0.3 is 0 Å². The molecule has 0 aromatic rings. The Morgan fingerprint density at radius 2 is 2.11 bits per heavy atom. The van der Waals surface area contributed by atoms with Gasteiger partial charge in [-0.05, 0) is 12.8 Å².